The average Bonchev–Trinajstić information content (AvgIpc) is 2.03. The smallest absolute Gasteiger partial charge is 0.238 e. The molecule has 0 aliphatic carbocycles. The number of hydrazine groups is 1. The molecule has 0 saturated carbocycles. The van der Waals surface area contributed by atoms with E-state index in [2.05, 4.69) is 10.5 Å². The van der Waals surface area contributed by atoms with Crippen molar-refractivity contribution in [2.24, 2.45) is 5.10 Å². The van der Waals surface area contributed by atoms with Crippen LogP contribution in [-0.4, -0.2) is 28.0 Å². The van der Waals surface area contributed by atoms with E-state index < -0.39 is 0 Å². The van der Waals surface area contributed by atoms with Crippen molar-refractivity contribution in [2.75, 3.05) is 6.61 Å². The van der Waals surface area contributed by atoms with E-state index in [9.17, 15) is 0 Å². The van der Waals surface area contributed by atoms with Crippen molar-refractivity contribution in [3.63, 3.8) is 0 Å². The first-order chi connectivity index (χ1) is 6.22. The van der Waals surface area contributed by atoms with Crippen molar-refractivity contribution in [3.8, 4) is 0 Å². The molecule has 0 bridgehead atoms. The molecule has 0 unspecified atom stereocenters. The Kier molecular flexibility index (Phi) is 3.39. The number of aliphatic hydroxyl groups is 2. The first kappa shape index (κ1) is 9.66. The average molecular weight is 187 g/mol. The van der Waals surface area contributed by atoms with Gasteiger partial charge < -0.3 is 10.2 Å². The van der Waals surface area contributed by atoms with E-state index in [1.165, 1.54) is 0 Å². The van der Waals surface area contributed by atoms with E-state index in [-0.39, 0.29) is 11.8 Å². The molecule has 0 amide bonds. The lowest BCUT2D eigenvalue weighted by molar-refractivity contribution is -0.198. The maximum atomic E-state index is 8.99. The third-order valence-electron chi connectivity index (χ3n) is 1.38. The minimum atomic E-state index is -0.298. The molecule has 6 heteroatoms. The molecule has 6 nitrogen and oxygen atoms in total. The highest BCUT2D eigenvalue weighted by atomic mass is 16.7. The Bertz CT molecular complexity index is 227. The van der Waals surface area contributed by atoms with Gasteiger partial charge in [-0.25, -0.2) is 10.3 Å². The summed E-state index contributed by atoms with van der Waals surface area (Å²) in [5.41, 5.74) is 2.39. The molecule has 1 aliphatic heterocycles. The van der Waals surface area contributed by atoms with E-state index in [1.807, 2.05) is 6.92 Å². The van der Waals surface area contributed by atoms with Crippen molar-refractivity contribution in [1.82, 2.24) is 10.7 Å². The molecule has 1 heterocycles. The minimum Gasteiger partial charge on any atom is -0.493 e. The normalized spacial score (nSPS) is 16.2. The number of hydrazone groups is 1. The zero-order valence-electron chi connectivity index (χ0n) is 7.40. The van der Waals surface area contributed by atoms with E-state index in [1.54, 1.807) is 0 Å². The van der Waals surface area contributed by atoms with Gasteiger partial charge in [0.2, 0.25) is 11.8 Å². The lowest BCUT2D eigenvalue weighted by Gasteiger charge is -2.21. The van der Waals surface area contributed by atoms with Gasteiger partial charge in [-0.3, -0.25) is 0 Å². The van der Waals surface area contributed by atoms with Crippen LogP contribution in [0.4, 0.5) is 0 Å². The van der Waals surface area contributed by atoms with Gasteiger partial charge in [-0.05, 0) is 6.42 Å². The SMILES string of the molecule is CCCCON1N=C(O)C=C(O)N1. The third kappa shape index (κ3) is 3.20. The first-order valence-electron chi connectivity index (χ1n) is 4.10. The van der Waals surface area contributed by atoms with Gasteiger partial charge in [-0.1, -0.05) is 23.7 Å². The molecule has 1 aliphatic rings. The molecule has 0 aromatic heterocycles. The Hall–Kier alpha value is -1.43. The maximum Gasteiger partial charge on any atom is 0.238 e. The van der Waals surface area contributed by atoms with Crippen molar-refractivity contribution in [3.05, 3.63) is 12.0 Å². The van der Waals surface area contributed by atoms with Gasteiger partial charge in [0.15, 0.2) is 0 Å². The quantitative estimate of drug-likeness (QED) is 0.568. The molecule has 0 aromatic carbocycles. The predicted octanol–water partition coefficient (Wildman–Crippen LogP) is 0.809. The molecule has 0 atom stereocenters. The molecular weight excluding hydrogens is 174 g/mol. The summed E-state index contributed by atoms with van der Waals surface area (Å²) in [6, 6.07) is 0. The largest absolute Gasteiger partial charge is 0.493 e. The molecule has 0 aromatic rings. The van der Waals surface area contributed by atoms with Crippen LogP contribution in [0.15, 0.2) is 17.1 Å². The van der Waals surface area contributed by atoms with Gasteiger partial charge in [0, 0.05) is 0 Å². The Labute approximate surface area is 76.0 Å². The highest BCUT2D eigenvalue weighted by Gasteiger charge is 2.10. The van der Waals surface area contributed by atoms with Gasteiger partial charge in [0.05, 0.1) is 12.7 Å². The number of rotatable bonds is 4. The summed E-state index contributed by atoms with van der Waals surface area (Å²) >= 11 is 0. The van der Waals surface area contributed by atoms with Gasteiger partial charge in [-0.2, -0.15) is 0 Å². The van der Waals surface area contributed by atoms with Crippen LogP contribution in [0.2, 0.25) is 0 Å². The Morgan fingerprint density at radius 3 is 3.00 bits per heavy atom. The highest BCUT2D eigenvalue weighted by Crippen LogP contribution is 2.00. The molecule has 0 saturated heterocycles. The lowest BCUT2D eigenvalue weighted by Crippen LogP contribution is -2.37. The van der Waals surface area contributed by atoms with Crippen LogP contribution in [0, 0.1) is 0 Å². The third-order valence-corrected chi connectivity index (χ3v) is 1.38. The van der Waals surface area contributed by atoms with Crippen LogP contribution in [0.1, 0.15) is 19.8 Å². The molecule has 74 valence electrons. The highest BCUT2D eigenvalue weighted by molar-refractivity contribution is 5.86. The summed E-state index contributed by atoms with van der Waals surface area (Å²) in [7, 11) is 0. The van der Waals surface area contributed by atoms with E-state index >= 15 is 0 Å². The van der Waals surface area contributed by atoms with Crippen molar-refractivity contribution < 1.29 is 15.1 Å². The minimum absolute atomic E-state index is 0.205. The number of hydrogen-bond donors (Lipinski definition) is 3. The number of nitrogens with one attached hydrogen (secondary N) is 1. The van der Waals surface area contributed by atoms with Crippen LogP contribution in [-0.2, 0) is 4.84 Å². The van der Waals surface area contributed by atoms with Gasteiger partial charge in [0.1, 0.15) is 0 Å². The fourth-order valence-corrected chi connectivity index (χ4v) is 0.756. The Morgan fingerprint density at radius 2 is 2.38 bits per heavy atom. The summed E-state index contributed by atoms with van der Waals surface area (Å²) in [5.74, 6) is -0.503. The standard InChI is InChI=1S/C7H13N3O3/c1-2-3-4-13-10-8-6(11)5-7(12)9-10/h5,8,11H,2-4H2,1H3,(H,9,12). The Morgan fingerprint density at radius 1 is 1.62 bits per heavy atom. The number of unbranched alkanes of at least 4 members (excludes halogenated alkanes) is 1. The topological polar surface area (TPSA) is 77.3 Å². The molecule has 0 radical (unpaired) electrons. The predicted molar refractivity (Wildman–Crippen MR) is 46.6 cm³/mol. The number of hydrogen-bond acceptors (Lipinski definition) is 5. The molecule has 3 N–H and O–H groups in total. The zero-order chi connectivity index (χ0) is 9.68. The Balaban J connectivity index is 2.33. The summed E-state index contributed by atoms with van der Waals surface area (Å²) in [4.78, 5) is 5.04. The van der Waals surface area contributed by atoms with Crippen LogP contribution in [0.3, 0.4) is 0 Å². The van der Waals surface area contributed by atoms with Gasteiger partial charge in [0.25, 0.3) is 0 Å². The van der Waals surface area contributed by atoms with Crippen molar-refractivity contribution in [2.45, 2.75) is 19.8 Å². The van der Waals surface area contributed by atoms with E-state index in [0.717, 1.165) is 24.2 Å². The van der Waals surface area contributed by atoms with Crippen LogP contribution in [0.25, 0.3) is 0 Å². The van der Waals surface area contributed by atoms with Crippen LogP contribution >= 0.6 is 0 Å². The fraction of sp³-hybridized carbons (Fsp3) is 0.571. The first-order valence-corrected chi connectivity index (χ1v) is 4.10. The molecular formula is C7H13N3O3. The summed E-state index contributed by atoms with van der Waals surface area (Å²) in [5, 5.41) is 22.4. The van der Waals surface area contributed by atoms with Gasteiger partial charge >= 0.3 is 0 Å². The van der Waals surface area contributed by atoms with Crippen molar-refractivity contribution in [1.29, 1.82) is 0 Å². The molecule has 1 rings (SSSR count). The fourth-order valence-electron chi connectivity index (χ4n) is 0.756. The van der Waals surface area contributed by atoms with E-state index in [0.29, 0.717) is 6.61 Å². The molecule has 0 fully saturated rings. The summed E-state index contributed by atoms with van der Waals surface area (Å²) < 4.78 is 0. The van der Waals surface area contributed by atoms with Gasteiger partial charge in [-0.15, -0.1) is 0 Å². The molecule has 0 spiro atoms. The maximum absolute atomic E-state index is 8.99. The van der Waals surface area contributed by atoms with Crippen LogP contribution < -0.4 is 5.43 Å². The summed E-state index contributed by atoms with van der Waals surface area (Å²) in [6.07, 6.45) is 2.98. The lowest BCUT2D eigenvalue weighted by atomic mass is 10.4. The monoisotopic (exact) mass is 187 g/mol. The van der Waals surface area contributed by atoms with Crippen LogP contribution in [0.5, 0.6) is 0 Å². The van der Waals surface area contributed by atoms with Crippen molar-refractivity contribution >= 4 is 5.90 Å². The second kappa shape index (κ2) is 4.56. The second-order valence-corrected chi connectivity index (χ2v) is 2.56. The zero-order valence-corrected chi connectivity index (χ0v) is 7.40. The number of aliphatic hydroxyl groups excluding tert-OH is 2. The summed E-state index contributed by atoms with van der Waals surface area (Å²) in [6.45, 7) is 2.51. The van der Waals surface area contributed by atoms with E-state index in [4.69, 9.17) is 15.1 Å². The molecule has 13 heavy (non-hydrogen) atoms. The number of nitrogens with zero attached hydrogens (tertiary/aromatic N) is 2. The second-order valence-electron chi connectivity index (χ2n) is 2.56.